The Morgan fingerprint density at radius 3 is 2.28 bits per heavy atom. The first kappa shape index (κ1) is 23.5. The number of pyridine rings is 1. The summed E-state index contributed by atoms with van der Waals surface area (Å²) in [6, 6.07) is 25.4. The Morgan fingerprint density at radius 2 is 1.58 bits per heavy atom. The molecule has 2 aromatic heterocycles. The topological polar surface area (TPSA) is 71.3 Å². The molecule has 0 bridgehead atoms. The standard InChI is InChI=1S/C29H29N5O2/c35-28-16-27(18-31-34(28)21-24-10-5-2-6-11-24)32-15-13-26(22-32)29(36)33(19-23-8-3-1-4-9-23)20-25-12-7-14-30-17-25/h1-12,14,16-18,26H,13,15,19-22H2. The second-order valence-electron chi connectivity index (χ2n) is 9.17. The van der Waals surface area contributed by atoms with Crippen molar-refractivity contribution in [3.05, 3.63) is 124 Å². The highest BCUT2D eigenvalue weighted by Gasteiger charge is 2.32. The Hall–Kier alpha value is -4.26. The van der Waals surface area contributed by atoms with E-state index in [1.807, 2.05) is 83.9 Å². The third kappa shape index (κ3) is 5.68. The van der Waals surface area contributed by atoms with Crippen LogP contribution in [0.5, 0.6) is 0 Å². The molecular weight excluding hydrogens is 450 g/mol. The quantitative estimate of drug-likeness (QED) is 0.385. The second-order valence-corrected chi connectivity index (χ2v) is 9.17. The fourth-order valence-corrected chi connectivity index (χ4v) is 4.65. The van der Waals surface area contributed by atoms with E-state index >= 15 is 0 Å². The SMILES string of the molecule is O=C(C1CCN(c2cnn(Cc3ccccc3)c(=O)c2)C1)N(Cc1ccccc1)Cc1cccnc1. The van der Waals surface area contributed by atoms with Crippen LogP contribution in [0, 0.1) is 5.92 Å². The van der Waals surface area contributed by atoms with Crippen LogP contribution in [0.4, 0.5) is 5.69 Å². The summed E-state index contributed by atoms with van der Waals surface area (Å²) in [5.74, 6) is -0.0206. The first-order chi connectivity index (χ1) is 17.7. The van der Waals surface area contributed by atoms with Crippen molar-refractivity contribution in [3.8, 4) is 0 Å². The number of carbonyl (C=O) groups is 1. The molecule has 0 saturated carbocycles. The second kappa shape index (κ2) is 11.0. The first-order valence-electron chi connectivity index (χ1n) is 12.2. The van der Waals surface area contributed by atoms with Crippen molar-refractivity contribution in [2.24, 2.45) is 5.92 Å². The monoisotopic (exact) mass is 479 g/mol. The average molecular weight is 480 g/mol. The van der Waals surface area contributed by atoms with Crippen LogP contribution in [0.3, 0.4) is 0 Å². The van der Waals surface area contributed by atoms with Gasteiger partial charge in [-0.1, -0.05) is 66.7 Å². The summed E-state index contributed by atoms with van der Waals surface area (Å²) in [6.45, 7) is 2.77. The van der Waals surface area contributed by atoms with Crippen molar-refractivity contribution in [3.63, 3.8) is 0 Å². The van der Waals surface area contributed by atoms with Crippen LogP contribution in [0.2, 0.25) is 0 Å². The number of carbonyl (C=O) groups excluding carboxylic acids is 1. The molecule has 36 heavy (non-hydrogen) atoms. The Bertz CT molecular complexity index is 1300. The van der Waals surface area contributed by atoms with Gasteiger partial charge in [-0.25, -0.2) is 4.68 Å². The van der Waals surface area contributed by atoms with Gasteiger partial charge < -0.3 is 9.80 Å². The number of anilines is 1. The number of hydrogen-bond acceptors (Lipinski definition) is 5. The van der Waals surface area contributed by atoms with Gasteiger partial charge in [0, 0.05) is 44.6 Å². The van der Waals surface area contributed by atoms with E-state index < -0.39 is 0 Å². The third-order valence-corrected chi connectivity index (χ3v) is 6.56. The number of benzene rings is 2. The van der Waals surface area contributed by atoms with Crippen molar-refractivity contribution < 1.29 is 4.79 Å². The molecule has 2 aromatic carbocycles. The minimum atomic E-state index is -0.145. The molecule has 1 fully saturated rings. The lowest BCUT2D eigenvalue weighted by Gasteiger charge is -2.26. The van der Waals surface area contributed by atoms with Gasteiger partial charge in [0.2, 0.25) is 5.91 Å². The van der Waals surface area contributed by atoms with E-state index in [9.17, 15) is 9.59 Å². The summed E-state index contributed by atoms with van der Waals surface area (Å²) in [6.07, 6.45) is 6.02. The van der Waals surface area contributed by atoms with E-state index in [0.29, 0.717) is 32.7 Å². The molecule has 7 nitrogen and oxygen atoms in total. The van der Waals surface area contributed by atoms with Gasteiger partial charge in [0.15, 0.2) is 0 Å². The molecule has 5 rings (SSSR count). The highest BCUT2D eigenvalue weighted by molar-refractivity contribution is 5.80. The van der Waals surface area contributed by atoms with Gasteiger partial charge in [0.1, 0.15) is 0 Å². The lowest BCUT2D eigenvalue weighted by atomic mass is 10.1. The molecule has 0 aliphatic carbocycles. The van der Waals surface area contributed by atoms with Crippen LogP contribution >= 0.6 is 0 Å². The number of aromatic nitrogens is 3. The fourth-order valence-electron chi connectivity index (χ4n) is 4.65. The lowest BCUT2D eigenvalue weighted by molar-refractivity contribution is -0.136. The van der Waals surface area contributed by atoms with E-state index in [4.69, 9.17) is 0 Å². The molecule has 0 spiro atoms. The van der Waals surface area contributed by atoms with E-state index in [1.165, 1.54) is 4.68 Å². The smallest absolute Gasteiger partial charge is 0.269 e. The van der Waals surface area contributed by atoms with E-state index in [-0.39, 0.29) is 17.4 Å². The van der Waals surface area contributed by atoms with Gasteiger partial charge in [-0.05, 0) is 29.2 Å². The molecule has 182 valence electrons. The summed E-state index contributed by atoms with van der Waals surface area (Å²) >= 11 is 0. The molecule has 1 unspecified atom stereocenters. The highest BCUT2D eigenvalue weighted by Crippen LogP contribution is 2.25. The molecule has 1 aliphatic heterocycles. The molecule has 3 heterocycles. The Morgan fingerprint density at radius 1 is 0.889 bits per heavy atom. The molecule has 0 N–H and O–H groups in total. The zero-order valence-corrected chi connectivity index (χ0v) is 20.1. The van der Waals surface area contributed by atoms with Crippen molar-refractivity contribution >= 4 is 11.6 Å². The van der Waals surface area contributed by atoms with Crippen molar-refractivity contribution in [2.75, 3.05) is 18.0 Å². The number of rotatable bonds is 8. The highest BCUT2D eigenvalue weighted by atomic mass is 16.2. The molecule has 1 amide bonds. The van der Waals surface area contributed by atoms with Gasteiger partial charge in [0.05, 0.1) is 24.3 Å². The molecular formula is C29H29N5O2. The fraction of sp³-hybridized carbons (Fsp3) is 0.241. The maximum absolute atomic E-state index is 13.7. The molecule has 0 radical (unpaired) electrons. The molecule has 4 aromatic rings. The average Bonchev–Trinajstić information content (AvgIpc) is 3.41. The Labute approximate surface area is 210 Å². The van der Waals surface area contributed by atoms with Crippen LogP contribution < -0.4 is 10.5 Å². The Balaban J connectivity index is 1.28. The van der Waals surface area contributed by atoms with Crippen LogP contribution in [-0.4, -0.2) is 38.7 Å². The normalized spacial score (nSPS) is 15.1. The minimum absolute atomic E-state index is 0.121. The predicted molar refractivity (Wildman–Crippen MR) is 139 cm³/mol. The van der Waals surface area contributed by atoms with E-state index in [0.717, 1.165) is 28.8 Å². The van der Waals surface area contributed by atoms with Crippen molar-refractivity contribution in [1.82, 2.24) is 19.7 Å². The zero-order chi connectivity index (χ0) is 24.7. The Kier molecular flexibility index (Phi) is 7.17. The summed E-state index contributed by atoms with van der Waals surface area (Å²) in [4.78, 5) is 34.6. The molecule has 1 saturated heterocycles. The summed E-state index contributed by atoms with van der Waals surface area (Å²) in [7, 11) is 0. The number of hydrogen-bond donors (Lipinski definition) is 0. The van der Waals surface area contributed by atoms with Crippen molar-refractivity contribution in [2.45, 2.75) is 26.1 Å². The summed E-state index contributed by atoms with van der Waals surface area (Å²) < 4.78 is 1.47. The van der Waals surface area contributed by atoms with Crippen molar-refractivity contribution in [1.29, 1.82) is 0 Å². The number of nitrogens with zero attached hydrogens (tertiary/aromatic N) is 5. The molecule has 1 atom stereocenters. The van der Waals surface area contributed by atoms with E-state index in [2.05, 4.69) is 15.0 Å². The van der Waals surface area contributed by atoms with Crippen LogP contribution in [-0.2, 0) is 24.4 Å². The maximum Gasteiger partial charge on any atom is 0.269 e. The summed E-state index contributed by atoms with van der Waals surface area (Å²) in [5, 5.41) is 4.39. The maximum atomic E-state index is 13.7. The van der Waals surface area contributed by atoms with Gasteiger partial charge in [-0.2, -0.15) is 5.10 Å². The van der Waals surface area contributed by atoms with Gasteiger partial charge in [-0.15, -0.1) is 0 Å². The molecule has 1 aliphatic rings. The predicted octanol–water partition coefficient (Wildman–Crippen LogP) is 3.74. The van der Waals surface area contributed by atoms with E-state index in [1.54, 1.807) is 18.5 Å². The lowest BCUT2D eigenvalue weighted by Crippen LogP contribution is -2.37. The van der Waals surface area contributed by atoms with Crippen LogP contribution in [0.1, 0.15) is 23.1 Å². The minimum Gasteiger partial charge on any atom is -0.369 e. The summed E-state index contributed by atoms with van der Waals surface area (Å²) in [5.41, 5.74) is 3.74. The van der Waals surface area contributed by atoms with Gasteiger partial charge in [0.25, 0.3) is 5.56 Å². The first-order valence-corrected chi connectivity index (χ1v) is 12.2. The zero-order valence-electron chi connectivity index (χ0n) is 20.1. The third-order valence-electron chi connectivity index (χ3n) is 6.56. The van der Waals surface area contributed by atoms with Crippen LogP contribution in [0.25, 0.3) is 0 Å². The number of amides is 1. The van der Waals surface area contributed by atoms with Crippen LogP contribution in [0.15, 0.2) is 102 Å². The van der Waals surface area contributed by atoms with Gasteiger partial charge in [-0.3, -0.25) is 14.6 Å². The molecule has 7 heteroatoms. The largest absolute Gasteiger partial charge is 0.369 e. The van der Waals surface area contributed by atoms with Gasteiger partial charge >= 0.3 is 0 Å².